The van der Waals surface area contributed by atoms with Crippen molar-refractivity contribution in [2.24, 2.45) is 0 Å². The van der Waals surface area contributed by atoms with Crippen LogP contribution in [-0.4, -0.2) is 54.0 Å². The summed E-state index contributed by atoms with van der Waals surface area (Å²) in [4.78, 5) is 36.1. The Bertz CT molecular complexity index is 381. The molecule has 1 rings (SSSR count). The van der Waals surface area contributed by atoms with Crippen molar-refractivity contribution in [2.75, 3.05) is 19.6 Å². The van der Waals surface area contributed by atoms with Crippen LogP contribution in [0.5, 0.6) is 0 Å². The van der Waals surface area contributed by atoms with E-state index in [0.717, 1.165) is 6.54 Å². The van der Waals surface area contributed by atoms with Crippen molar-refractivity contribution in [3.63, 3.8) is 0 Å². The topological polar surface area (TPSA) is 90.5 Å². The summed E-state index contributed by atoms with van der Waals surface area (Å²) in [6.45, 7) is 8.36. The van der Waals surface area contributed by atoms with Crippen LogP contribution in [-0.2, 0) is 9.59 Å². The summed E-state index contributed by atoms with van der Waals surface area (Å²) in [6, 6.07) is -0.360. The molecule has 1 atom stereocenters. The van der Waals surface area contributed by atoms with E-state index >= 15 is 0 Å². The molecule has 1 heterocycles. The van der Waals surface area contributed by atoms with Crippen molar-refractivity contribution in [1.29, 1.82) is 0 Å². The van der Waals surface area contributed by atoms with Crippen LogP contribution in [0.25, 0.3) is 0 Å². The number of hydrogen-bond acceptors (Lipinski definition) is 4. The Morgan fingerprint density at radius 2 is 2.05 bits per heavy atom. The van der Waals surface area contributed by atoms with E-state index in [-0.39, 0.29) is 24.4 Å². The Labute approximate surface area is 113 Å². The first kappa shape index (κ1) is 15.4. The van der Waals surface area contributed by atoms with Gasteiger partial charge in [0.15, 0.2) is 0 Å². The molecule has 0 aromatic heterocycles. The number of carbonyl (C=O) groups is 3. The molecule has 0 aromatic carbocycles. The molecule has 0 aliphatic carbocycles. The van der Waals surface area contributed by atoms with Crippen LogP contribution >= 0.6 is 0 Å². The zero-order chi connectivity index (χ0) is 14.6. The fraction of sp³-hybridized carbons (Fsp3) is 0.750. The number of nitrogens with one attached hydrogen (secondary N) is 3. The number of amides is 4. The van der Waals surface area contributed by atoms with Crippen molar-refractivity contribution < 1.29 is 14.4 Å². The molecule has 1 saturated heterocycles. The van der Waals surface area contributed by atoms with Crippen molar-refractivity contribution in [2.45, 2.75) is 39.3 Å². The Morgan fingerprint density at radius 1 is 1.42 bits per heavy atom. The maximum Gasteiger partial charge on any atom is 0.325 e. The molecule has 0 saturated carbocycles. The van der Waals surface area contributed by atoms with Gasteiger partial charge in [0.25, 0.3) is 5.91 Å². The van der Waals surface area contributed by atoms with Crippen molar-refractivity contribution in [3.05, 3.63) is 0 Å². The zero-order valence-electron chi connectivity index (χ0n) is 11.9. The lowest BCUT2D eigenvalue weighted by atomic mass is 10.0. The molecule has 7 nitrogen and oxygen atoms in total. The molecule has 0 unspecified atom stereocenters. The van der Waals surface area contributed by atoms with E-state index in [4.69, 9.17) is 0 Å². The van der Waals surface area contributed by atoms with Crippen molar-refractivity contribution in [3.8, 4) is 0 Å². The van der Waals surface area contributed by atoms with Crippen LogP contribution in [0.15, 0.2) is 0 Å². The molecule has 1 aliphatic heterocycles. The number of likely N-dealkylation sites (N-methyl/N-ethyl adjacent to an activating group) is 1. The second-order valence-corrected chi connectivity index (χ2v) is 5.17. The highest BCUT2D eigenvalue weighted by molar-refractivity contribution is 6.07. The molecule has 1 aliphatic rings. The molecule has 0 radical (unpaired) electrons. The monoisotopic (exact) mass is 270 g/mol. The van der Waals surface area contributed by atoms with Crippen molar-refractivity contribution >= 4 is 17.8 Å². The smallest absolute Gasteiger partial charge is 0.325 e. The highest BCUT2D eigenvalue weighted by Gasteiger charge is 2.46. The summed E-state index contributed by atoms with van der Waals surface area (Å²) in [6.07, 6.45) is 0. The third kappa shape index (κ3) is 3.66. The van der Waals surface area contributed by atoms with Gasteiger partial charge in [-0.05, 0) is 27.3 Å². The Morgan fingerprint density at radius 3 is 2.53 bits per heavy atom. The van der Waals surface area contributed by atoms with E-state index < -0.39 is 11.6 Å². The molecule has 0 bridgehead atoms. The van der Waals surface area contributed by atoms with Crippen LogP contribution in [0.3, 0.4) is 0 Å². The summed E-state index contributed by atoms with van der Waals surface area (Å²) in [5.41, 5.74) is -0.984. The molecule has 0 aromatic rings. The molecule has 108 valence electrons. The van der Waals surface area contributed by atoms with Gasteiger partial charge in [0.1, 0.15) is 12.1 Å². The second-order valence-electron chi connectivity index (χ2n) is 5.17. The quantitative estimate of drug-likeness (QED) is 0.564. The number of nitrogens with zero attached hydrogens (tertiary/aromatic N) is 1. The van der Waals surface area contributed by atoms with Crippen LogP contribution in [0.4, 0.5) is 4.79 Å². The number of urea groups is 1. The number of carbonyl (C=O) groups excluding carboxylic acids is 3. The summed E-state index contributed by atoms with van der Waals surface area (Å²) < 4.78 is 0. The first-order valence-electron chi connectivity index (χ1n) is 6.42. The average Bonchev–Trinajstić information content (AvgIpc) is 2.50. The predicted molar refractivity (Wildman–Crippen MR) is 70.5 cm³/mol. The Kier molecular flexibility index (Phi) is 4.88. The number of hydrogen-bond donors (Lipinski definition) is 3. The summed E-state index contributed by atoms with van der Waals surface area (Å²) in [5, 5.41) is 8.10. The Balaban J connectivity index is 2.48. The SMILES string of the molecule is CCN[C@H](C)CNC(=O)CN1C(=O)NC(=O)C1(C)C. The highest BCUT2D eigenvalue weighted by atomic mass is 16.2. The van der Waals surface area contributed by atoms with E-state index in [9.17, 15) is 14.4 Å². The van der Waals surface area contributed by atoms with Gasteiger partial charge in [-0.1, -0.05) is 6.92 Å². The average molecular weight is 270 g/mol. The van der Waals surface area contributed by atoms with Gasteiger partial charge < -0.3 is 15.5 Å². The van der Waals surface area contributed by atoms with Gasteiger partial charge in [0, 0.05) is 12.6 Å². The van der Waals surface area contributed by atoms with E-state index in [1.54, 1.807) is 13.8 Å². The van der Waals surface area contributed by atoms with Gasteiger partial charge in [-0.3, -0.25) is 14.9 Å². The normalized spacial score (nSPS) is 19.3. The minimum atomic E-state index is -0.984. The van der Waals surface area contributed by atoms with Gasteiger partial charge in [0.05, 0.1) is 0 Å². The maximum atomic E-state index is 11.8. The van der Waals surface area contributed by atoms with E-state index in [0.29, 0.717) is 6.54 Å². The minimum absolute atomic E-state index is 0.122. The lowest BCUT2D eigenvalue weighted by Crippen LogP contribution is -2.50. The minimum Gasteiger partial charge on any atom is -0.353 e. The fourth-order valence-electron chi connectivity index (χ4n) is 1.85. The predicted octanol–water partition coefficient (Wildman–Crippen LogP) is -0.569. The van der Waals surface area contributed by atoms with Crippen LogP contribution in [0, 0.1) is 0 Å². The first-order chi connectivity index (χ1) is 8.78. The number of rotatable bonds is 6. The molecule has 4 amide bonds. The summed E-state index contributed by atoms with van der Waals surface area (Å²) in [5.74, 6) is -0.658. The first-order valence-corrected chi connectivity index (χ1v) is 6.42. The van der Waals surface area contributed by atoms with Gasteiger partial charge in [-0.25, -0.2) is 4.79 Å². The number of imide groups is 1. The van der Waals surface area contributed by atoms with Gasteiger partial charge in [-0.2, -0.15) is 0 Å². The van der Waals surface area contributed by atoms with Crippen molar-refractivity contribution in [1.82, 2.24) is 20.9 Å². The van der Waals surface area contributed by atoms with Gasteiger partial charge >= 0.3 is 6.03 Å². The lowest BCUT2D eigenvalue weighted by Gasteiger charge is -2.27. The third-order valence-electron chi connectivity index (χ3n) is 3.16. The van der Waals surface area contributed by atoms with Gasteiger partial charge in [0.2, 0.25) is 5.91 Å². The molecule has 3 N–H and O–H groups in total. The molecular formula is C12H22N4O3. The molecular weight excluding hydrogens is 248 g/mol. The van der Waals surface area contributed by atoms with Crippen LogP contribution < -0.4 is 16.0 Å². The summed E-state index contributed by atoms with van der Waals surface area (Å²) >= 11 is 0. The van der Waals surface area contributed by atoms with Gasteiger partial charge in [-0.15, -0.1) is 0 Å². The molecule has 1 fully saturated rings. The Hall–Kier alpha value is -1.63. The lowest BCUT2D eigenvalue weighted by molar-refractivity contribution is -0.127. The standard InChI is InChI=1S/C12H22N4O3/c1-5-13-8(2)6-14-9(17)7-16-11(19)15-10(18)12(16,3)4/h8,13H,5-7H2,1-4H3,(H,14,17)(H,15,18,19)/t8-/m1/s1. The highest BCUT2D eigenvalue weighted by Crippen LogP contribution is 2.19. The molecule has 7 heteroatoms. The van der Waals surface area contributed by atoms with E-state index in [1.807, 2.05) is 13.8 Å². The van der Waals surface area contributed by atoms with E-state index in [2.05, 4.69) is 16.0 Å². The largest absolute Gasteiger partial charge is 0.353 e. The maximum absolute atomic E-state index is 11.8. The van der Waals surface area contributed by atoms with E-state index in [1.165, 1.54) is 4.90 Å². The fourth-order valence-corrected chi connectivity index (χ4v) is 1.85. The zero-order valence-corrected chi connectivity index (χ0v) is 11.9. The summed E-state index contributed by atoms with van der Waals surface area (Å²) in [7, 11) is 0. The molecule has 0 spiro atoms. The second kappa shape index (κ2) is 6.01. The van der Waals surface area contributed by atoms with Crippen LogP contribution in [0.1, 0.15) is 27.7 Å². The third-order valence-corrected chi connectivity index (χ3v) is 3.16. The van der Waals surface area contributed by atoms with Crippen LogP contribution in [0.2, 0.25) is 0 Å². The molecule has 19 heavy (non-hydrogen) atoms.